The molecule has 134 valence electrons. The molecule has 5 nitrogen and oxygen atoms in total. The molecule has 1 atom stereocenters. The zero-order valence-electron chi connectivity index (χ0n) is 13.2. The van der Waals surface area contributed by atoms with Crippen LogP contribution < -0.4 is 10.6 Å². The first-order chi connectivity index (χ1) is 11.4. The Morgan fingerprint density at radius 1 is 1.38 bits per heavy atom. The van der Waals surface area contributed by atoms with Gasteiger partial charge in [-0.3, -0.25) is 10.2 Å². The van der Waals surface area contributed by atoms with Crippen LogP contribution in [0.3, 0.4) is 0 Å². The van der Waals surface area contributed by atoms with Crippen molar-refractivity contribution in [2.75, 3.05) is 31.5 Å². The SMILES string of the molecule is O=C(NCC1CCN(CC(F)(F)F)C1)Nc1nc(C2CCC2)cs1. The Kier molecular flexibility index (Phi) is 5.29. The number of hydrogen-bond donors (Lipinski definition) is 2. The van der Waals surface area contributed by atoms with Gasteiger partial charge in [0.05, 0.1) is 12.2 Å². The number of aromatic nitrogens is 1. The number of rotatable bonds is 5. The number of halogens is 3. The zero-order chi connectivity index (χ0) is 17.2. The highest BCUT2D eigenvalue weighted by molar-refractivity contribution is 7.13. The van der Waals surface area contributed by atoms with Crippen molar-refractivity contribution in [2.45, 2.75) is 37.8 Å². The predicted octanol–water partition coefficient (Wildman–Crippen LogP) is 3.42. The topological polar surface area (TPSA) is 57.3 Å². The van der Waals surface area contributed by atoms with Crippen molar-refractivity contribution in [3.63, 3.8) is 0 Å². The summed E-state index contributed by atoms with van der Waals surface area (Å²) in [6.07, 6.45) is 0.0528. The molecule has 2 fully saturated rings. The maximum atomic E-state index is 12.4. The van der Waals surface area contributed by atoms with Gasteiger partial charge in [0.25, 0.3) is 0 Å². The van der Waals surface area contributed by atoms with Gasteiger partial charge in [-0.1, -0.05) is 6.42 Å². The van der Waals surface area contributed by atoms with E-state index in [0.29, 0.717) is 37.1 Å². The highest BCUT2D eigenvalue weighted by atomic mass is 32.1. The minimum absolute atomic E-state index is 0.0555. The highest BCUT2D eigenvalue weighted by Crippen LogP contribution is 2.37. The molecule has 1 aromatic rings. The van der Waals surface area contributed by atoms with Crippen LogP contribution in [0.1, 0.15) is 37.3 Å². The van der Waals surface area contributed by atoms with E-state index in [1.165, 1.54) is 22.7 Å². The first-order valence-corrected chi connectivity index (χ1v) is 9.06. The standard InChI is InChI=1S/C15H21F3N4OS/c16-15(17,18)9-22-5-4-10(7-22)6-19-13(23)21-14-20-12(8-24-14)11-2-1-3-11/h8,10-11H,1-7,9H2,(H2,19,20,21,23). The van der Waals surface area contributed by atoms with E-state index < -0.39 is 12.7 Å². The van der Waals surface area contributed by atoms with Crippen LogP contribution in [-0.4, -0.2) is 48.3 Å². The number of alkyl halides is 3. The fraction of sp³-hybridized carbons (Fsp3) is 0.733. The highest BCUT2D eigenvalue weighted by Gasteiger charge is 2.34. The van der Waals surface area contributed by atoms with E-state index in [4.69, 9.17) is 0 Å². The Morgan fingerprint density at radius 2 is 2.17 bits per heavy atom. The third kappa shape index (κ3) is 4.83. The molecule has 2 aliphatic rings. The number of thiazole rings is 1. The average molecular weight is 362 g/mol. The minimum atomic E-state index is -4.16. The number of amides is 2. The van der Waals surface area contributed by atoms with E-state index in [2.05, 4.69) is 15.6 Å². The van der Waals surface area contributed by atoms with Crippen molar-refractivity contribution in [1.82, 2.24) is 15.2 Å². The van der Waals surface area contributed by atoms with Gasteiger partial charge in [-0.15, -0.1) is 11.3 Å². The molecule has 3 rings (SSSR count). The molecule has 1 saturated carbocycles. The normalized spacial score (nSPS) is 22.4. The van der Waals surface area contributed by atoms with Crippen LogP contribution in [-0.2, 0) is 0 Å². The van der Waals surface area contributed by atoms with Gasteiger partial charge in [0.1, 0.15) is 0 Å². The van der Waals surface area contributed by atoms with Crippen LogP contribution in [0.4, 0.5) is 23.1 Å². The Hall–Kier alpha value is -1.35. The Morgan fingerprint density at radius 3 is 2.83 bits per heavy atom. The van der Waals surface area contributed by atoms with Gasteiger partial charge in [0.2, 0.25) is 0 Å². The molecule has 9 heteroatoms. The van der Waals surface area contributed by atoms with Gasteiger partial charge in [0.15, 0.2) is 5.13 Å². The van der Waals surface area contributed by atoms with E-state index in [0.717, 1.165) is 18.5 Å². The van der Waals surface area contributed by atoms with Crippen LogP contribution in [0, 0.1) is 5.92 Å². The predicted molar refractivity (Wildman–Crippen MR) is 86.3 cm³/mol. The monoisotopic (exact) mass is 362 g/mol. The molecule has 1 aliphatic heterocycles. The number of carbonyl (C=O) groups excluding carboxylic acids is 1. The molecule has 1 unspecified atom stereocenters. The molecule has 2 N–H and O–H groups in total. The summed E-state index contributed by atoms with van der Waals surface area (Å²) in [5, 5.41) is 7.98. The Labute approximate surface area is 142 Å². The van der Waals surface area contributed by atoms with Crippen LogP contribution in [0.2, 0.25) is 0 Å². The smallest absolute Gasteiger partial charge is 0.337 e. The van der Waals surface area contributed by atoms with Crippen LogP contribution >= 0.6 is 11.3 Å². The summed E-state index contributed by atoms with van der Waals surface area (Å²) in [7, 11) is 0. The summed E-state index contributed by atoms with van der Waals surface area (Å²) < 4.78 is 37.1. The second-order valence-electron chi connectivity index (χ2n) is 6.55. The quantitative estimate of drug-likeness (QED) is 0.844. The van der Waals surface area contributed by atoms with Crippen molar-refractivity contribution < 1.29 is 18.0 Å². The maximum Gasteiger partial charge on any atom is 0.401 e. The van der Waals surface area contributed by atoms with Gasteiger partial charge in [-0.25, -0.2) is 9.78 Å². The van der Waals surface area contributed by atoms with Crippen molar-refractivity contribution in [1.29, 1.82) is 0 Å². The van der Waals surface area contributed by atoms with E-state index >= 15 is 0 Å². The molecule has 24 heavy (non-hydrogen) atoms. The number of anilines is 1. The number of urea groups is 1. The molecular weight excluding hydrogens is 341 g/mol. The number of likely N-dealkylation sites (tertiary alicyclic amines) is 1. The van der Waals surface area contributed by atoms with Crippen molar-refractivity contribution >= 4 is 22.5 Å². The lowest BCUT2D eigenvalue weighted by atomic mass is 9.83. The largest absolute Gasteiger partial charge is 0.401 e. The summed E-state index contributed by atoms with van der Waals surface area (Å²) in [5.74, 6) is 0.581. The fourth-order valence-electron chi connectivity index (χ4n) is 3.09. The summed E-state index contributed by atoms with van der Waals surface area (Å²) in [5.41, 5.74) is 1.04. The second kappa shape index (κ2) is 7.26. The number of nitrogens with one attached hydrogen (secondary N) is 2. The van der Waals surface area contributed by atoms with E-state index in [9.17, 15) is 18.0 Å². The lowest BCUT2D eigenvalue weighted by Crippen LogP contribution is -2.36. The first-order valence-electron chi connectivity index (χ1n) is 8.18. The molecule has 1 saturated heterocycles. The van der Waals surface area contributed by atoms with Crippen molar-refractivity contribution in [3.05, 3.63) is 11.1 Å². The fourth-order valence-corrected chi connectivity index (χ4v) is 3.88. The molecule has 0 aromatic carbocycles. The molecular formula is C15H21F3N4OS. The van der Waals surface area contributed by atoms with Gasteiger partial charge in [-0.2, -0.15) is 13.2 Å². The summed E-state index contributed by atoms with van der Waals surface area (Å²) in [6, 6.07) is -0.348. The van der Waals surface area contributed by atoms with E-state index in [-0.39, 0.29) is 11.9 Å². The summed E-state index contributed by atoms with van der Waals surface area (Å²) in [4.78, 5) is 17.7. The molecule has 0 radical (unpaired) electrons. The molecule has 1 aliphatic carbocycles. The van der Waals surface area contributed by atoms with Gasteiger partial charge in [-0.05, 0) is 31.7 Å². The summed E-state index contributed by atoms with van der Waals surface area (Å²) >= 11 is 1.40. The Bertz CT molecular complexity index is 573. The first kappa shape index (κ1) is 17.5. The van der Waals surface area contributed by atoms with Crippen LogP contribution in [0.5, 0.6) is 0 Å². The third-order valence-corrected chi connectivity index (χ3v) is 5.37. The molecule has 2 heterocycles. The lowest BCUT2D eigenvalue weighted by molar-refractivity contribution is -0.143. The molecule has 2 amide bonds. The molecule has 1 aromatic heterocycles. The van der Waals surface area contributed by atoms with Crippen LogP contribution in [0.25, 0.3) is 0 Å². The van der Waals surface area contributed by atoms with E-state index in [1.807, 2.05) is 5.38 Å². The number of hydrogen-bond acceptors (Lipinski definition) is 4. The van der Waals surface area contributed by atoms with Crippen molar-refractivity contribution in [2.24, 2.45) is 5.92 Å². The average Bonchev–Trinajstić information content (AvgIpc) is 3.03. The van der Waals surface area contributed by atoms with E-state index in [1.54, 1.807) is 0 Å². The maximum absolute atomic E-state index is 12.4. The van der Waals surface area contributed by atoms with Gasteiger partial charge in [0, 0.05) is 24.4 Å². The lowest BCUT2D eigenvalue weighted by Gasteiger charge is -2.22. The minimum Gasteiger partial charge on any atom is -0.337 e. The zero-order valence-corrected chi connectivity index (χ0v) is 14.1. The number of carbonyl (C=O) groups is 1. The van der Waals surface area contributed by atoms with Crippen LogP contribution in [0.15, 0.2) is 5.38 Å². The second-order valence-corrected chi connectivity index (χ2v) is 7.40. The third-order valence-electron chi connectivity index (χ3n) is 4.59. The molecule has 0 bridgehead atoms. The summed E-state index contributed by atoms with van der Waals surface area (Å²) in [6.45, 7) is 0.285. The molecule has 0 spiro atoms. The Balaban J connectivity index is 1.37. The van der Waals surface area contributed by atoms with Gasteiger partial charge < -0.3 is 5.32 Å². The van der Waals surface area contributed by atoms with Gasteiger partial charge >= 0.3 is 12.2 Å². The van der Waals surface area contributed by atoms with Crippen molar-refractivity contribution in [3.8, 4) is 0 Å². The number of nitrogens with zero attached hydrogens (tertiary/aromatic N) is 2.